The predicted molar refractivity (Wildman–Crippen MR) is 73.1 cm³/mol. The summed E-state index contributed by atoms with van der Waals surface area (Å²) in [6.45, 7) is 9.05. The summed E-state index contributed by atoms with van der Waals surface area (Å²) in [6.07, 6.45) is 3.86. The molecule has 18 heavy (non-hydrogen) atoms. The van der Waals surface area contributed by atoms with Crippen LogP contribution in [0.25, 0.3) is 0 Å². The highest BCUT2D eigenvalue weighted by Gasteiger charge is 2.20. The molecule has 0 aliphatic rings. The van der Waals surface area contributed by atoms with Crippen LogP contribution in [0.3, 0.4) is 0 Å². The molecular weight excluding hydrogens is 228 g/mol. The van der Waals surface area contributed by atoms with Crippen molar-refractivity contribution in [3.8, 4) is 0 Å². The summed E-state index contributed by atoms with van der Waals surface area (Å²) in [6, 6.07) is 2.53. The molecule has 1 aromatic rings. The first kappa shape index (κ1) is 15.1. The fourth-order valence-electron chi connectivity index (χ4n) is 2.03. The van der Waals surface area contributed by atoms with Gasteiger partial charge in [0.05, 0.1) is 17.8 Å². The van der Waals surface area contributed by atoms with Crippen molar-refractivity contribution < 1.29 is 4.74 Å². The van der Waals surface area contributed by atoms with Crippen LogP contribution in [0.4, 0.5) is 0 Å². The van der Waals surface area contributed by atoms with E-state index in [1.165, 1.54) is 0 Å². The molecule has 1 rings (SSSR count). The van der Waals surface area contributed by atoms with Gasteiger partial charge in [-0.15, -0.1) is 0 Å². The van der Waals surface area contributed by atoms with E-state index in [0.29, 0.717) is 12.6 Å². The minimum atomic E-state index is 0.102. The lowest BCUT2D eigenvalue weighted by atomic mass is 10.0. The summed E-state index contributed by atoms with van der Waals surface area (Å²) in [4.78, 5) is 0. The second-order valence-corrected chi connectivity index (χ2v) is 4.76. The lowest BCUT2D eigenvalue weighted by Gasteiger charge is -2.24. The Morgan fingerprint density at radius 3 is 2.61 bits per heavy atom. The van der Waals surface area contributed by atoms with Gasteiger partial charge in [-0.1, -0.05) is 6.92 Å². The topological polar surface area (TPSA) is 65.1 Å². The SMILES string of the molecule is CCOC(CC)C(Cc1ccn(C(C)C)n1)NN. The molecule has 1 heterocycles. The van der Waals surface area contributed by atoms with Gasteiger partial charge in [0.2, 0.25) is 0 Å². The maximum atomic E-state index is 5.69. The van der Waals surface area contributed by atoms with Crippen molar-refractivity contribution >= 4 is 0 Å². The molecule has 1 aromatic heterocycles. The lowest BCUT2D eigenvalue weighted by molar-refractivity contribution is 0.0316. The Bertz CT molecular complexity index is 337. The highest BCUT2D eigenvalue weighted by molar-refractivity contribution is 5.03. The van der Waals surface area contributed by atoms with Crippen LogP contribution < -0.4 is 11.3 Å². The lowest BCUT2D eigenvalue weighted by Crippen LogP contribution is -2.46. The zero-order chi connectivity index (χ0) is 13.5. The average molecular weight is 254 g/mol. The summed E-state index contributed by atoms with van der Waals surface area (Å²) in [5, 5.41) is 4.54. The summed E-state index contributed by atoms with van der Waals surface area (Å²) < 4.78 is 7.66. The van der Waals surface area contributed by atoms with E-state index in [1.807, 2.05) is 23.9 Å². The minimum Gasteiger partial charge on any atom is -0.377 e. The van der Waals surface area contributed by atoms with Crippen molar-refractivity contribution in [3.05, 3.63) is 18.0 Å². The summed E-state index contributed by atoms with van der Waals surface area (Å²) in [5.74, 6) is 5.63. The van der Waals surface area contributed by atoms with Crippen LogP contribution in [-0.4, -0.2) is 28.5 Å². The zero-order valence-corrected chi connectivity index (χ0v) is 11.9. The first-order valence-electron chi connectivity index (χ1n) is 6.74. The van der Waals surface area contributed by atoms with E-state index in [4.69, 9.17) is 10.6 Å². The van der Waals surface area contributed by atoms with Crippen molar-refractivity contribution in [1.29, 1.82) is 0 Å². The van der Waals surface area contributed by atoms with Gasteiger partial charge < -0.3 is 4.74 Å². The molecule has 0 aliphatic heterocycles. The number of aromatic nitrogens is 2. The van der Waals surface area contributed by atoms with Gasteiger partial charge in [-0.25, -0.2) is 0 Å². The third-order valence-corrected chi connectivity index (χ3v) is 3.07. The maximum absolute atomic E-state index is 5.69. The molecule has 0 aliphatic carbocycles. The van der Waals surface area contributed by atoms with E-state index in [1.54, 1.807) is 0 Å². The van der Waals surface area contributed by atoms with E-state index in [2.05, 4.69) is 31.3 Å². The van der Waals surface area contributed by atoms with Crippen LogP contribution in [0.2, 0.25) is 0 Å². The van der Waals surface area contributed by atoms with Crippen LogP contribution >= 0.6 is 0 Å². The molecule has 0 bridgehead atoms. The Morgan fingerprint density at radius 1 is 1.44 bits per heavy atom. The molecule has 0 fully saturated rings. The van der Waals surface area contributed by atoms with Crippen molar-refractivity contribution in [2.75, 3.05) is 6.61 Å². The van der Waals surface area contributed by atoms with Crippen molar-refractivity contribution in [2.24, 2.45) is 5.84 Å². The number of hydrogen-bond donors (Lipinski definition) is 2. The molecule has 0 amide bonds. The summed E-state index contributed by atoms with van der Waals surface area (Å²) in [7, 11) is 0. The van der Waals surface area contributed by atoms with Crippen molar-refractivity contribution in [3.63, 3.8) is 0 Å². The molecule has 0 saturated carbocycles. The van der Waals surface area contributed by atoms with Gasteiger partial charge in [0.15, 0.2) is 0 Å². The van der Waals surface area contributed by atoms with Crippen LogP contribution in [0.5, 0.6) is 0 Å². The Morgan fingerprint density at radius 2 is 2.17 bits per heavy atom. The largest absolute Gasteiger partial charge is 0.377 e. The number of hydrazine groups is 1. The minimum absolute atomic E-state index is 0.102. The number of ether oxygens (including phenoxy) is 1. The van der Waals surface area contributed by atoms with Crippen LogP contribution in [0.15, 0.2) is 12.3 Å². The first-order chi connectivity index (χ1) is 8.62. The van der Waals surface area contributed by atoms with Crippen LogP contribution in [-0.2, 0) is 11.2 Å². The van der Waals surface area contributed by atoms with E-state index in [9.17, 15) is 0 Å². The molecule has 0 aromatic carbocycles. The Kier molecular flexibility index (Phi) is 6.32. The first-order valence-corrected chi connectivity index (χ1v) is 6.74. The second kappa shape index (κ2) is 7.51. The van der Waals surface area contributed by atoms with Gasteiger partial charge in [0.1, 0.15) is 0 Å². The number of rotatable bonds is 8. The van der Waals surface area contributed by atoms with Crippen molar-refractivity contribution in [2.45, 2.75) is 58.7 Å². The highest BCUT2D eigenvalue weighted by Crippen LogP contribution is 2.11. The molecule has 2 unspecified atom stereocenters. The zero-order valence-electron chi connectivity index (χ0n) is 11.9. The molecule has 3 N–H and O–H groups in total. The fourth-order valence-corrected chi connectivity index (χ4v) is 2.03. The molecule has 104 valence electrons. The third-order valence-electron chi connectivity index (χ3n) is 3.07. The van der Waals surface area contributed by atoms with E-state index < -0.39 is 0 Å². The second-order valence-electron chi connectivity index (χ2n) is 4.76. The van der Waals surface area contributed by atoms with Gasteiger partial charge in [0, 0.05) is 25.3 Å². The highest BCUT2D eigenvalue weighted by atomic mass is 16.5. The maximum Gasteiger partial charge on any atom is 0.0742 e. The molecule has 5 heteroatoms. The fraction of sp³-hybridized carbons (Fsp3) is 0.769. The standard InChI is InChI=1S/C13H26N4O/c1-5-13(18-6-2)12(15-14)9-11-7-8-17(16-11)10(3)4/h7-8,10,12-13,15H,5-6,9,14H2,1-4H3. The van der Waals surface area contributed by atoms with Crippen LogP contribution in [0, 0.1) is 0 Å². The molecule has 2 atom stereocenters. The number of nitrogens with two attached hydrogens (primary N) is 1. The summed E-state index contributed by atoms with van der Waals surface area (Å²) in [5.41, 5.74) is 3.90. The molecule has 0 spiro atoms. The van der Waals surface area contributed by atoms with Crippen molar-refractivity contribution in [1.82, 2.24) is 15.2 Å². The van der Waals surface area contributed by atoms with Gasteiger partial charge in [-0.2, -0.15) is 5.10 Å². The van der Waals surface area contributed by atoms with E-state index in [0.717, 1.165) is 18.5 Å². The van der Waals surface area contributed by atoms with Gasteiger partial charge in [0.25, 0.3) is 0 Å². The Hall–Kier alpha value is -0.910. The quantitative estimate of drug-likeness (QED) is 0.547. The summed E-state index contributed by atoms with van der Waals surface area (Å²) >= 11 is 0. The Balaban J connectivity index is 2.65. The monoisotopic (exact) mass is 254 g/mol. The predicted octanol–water partition coefficient (Wildman–Crippen LogP) is 1.65. The normalized spacial score (nSPS) is 15.0. The van der Waals surface area contributed by atoms with Gasteiger partial charge >= 0.3 is 0 Å². The molecule has 0 radical (unpaired) electrons. The van der Waals surface area contributed by atoms with E-state index in [-0.39, 0.29) is 12.1 Å². The number of nitrogens with one attached hydrogen (secondary N) is 1. The Labute approximate surface area is 110 Å². The smallest absolute Gasteiger partial charge is 0.0742 e. The third kappa shape index (κ3) is 4.08. The van der Waals surface area contributed by atoms with Gasteiger partial charge in [-0.05, 0) is 33.3 Å². The van der Waals surface area contributed by atoms with E-state index >= 15 is 0 Å². The average Bonchev–Trinajstić information content (AvgIpc) is 2.82. The molecular formula is C13H26N4O. The van der Waals surface area contributed by atoms with Gasteiger partial charge in [-0.3, -0.25) is 16.0 Å². The molecule has 0 saturated heterocycles. The van der Waals surface area contributed by atoms with Crippen LogP contribution in [0.1, 0.15) is 45.9 Å². The number of nitrogens with zero attached hydrogens (tertiary/aromatic N) is 2. The number of hydrogen-bond acceptors (Lipinski definition) is 4. The molecule has 5 nitrogen and oxygen atoms in total.